The Morgan fingerprint density at radius 2 is 1.64 bits per heavy atom. The van der Waals surface area contributed by atoms with Gasteiger partial charge in [0, 0.05) is 31.4 Å². The Morgan fingerprint density at radius 1 is 0.949 bits per heavy atom. The van der Waals surface area contributed by atoms with Crippen LogP contribution < -0.4 is 4.90 Å². The van der Waals surface area contributed by atoms with Gasteiger partial charge in [-0.05, 0) is 61.9 Å². The number of carbonyl (C=O) groups excluding carboxylic acids is 1. The van der Waals surface area contributed by atoms with Gasteiger partial charge >= 0.3 is 0 Å². The average Bonchev–Trinajstić information content (AvgIpc) is 3.51. The Hall–Kier alpha value is -3.86. The Labute approximate surface area is 232 Å². The fraction of sp³-hybridized carbons (Fsp3) is 0.207. The first-order valence-corrected chi connectivity index (χ1v) is 14.8. The molecule has 0 aliphatic heterocycles. The summed E-state index contributed by atoms with van der Waals surface area (Å²) in [6.45, 7) is 5.03. The van der Waals surface area contributed by atoms with E-state index in [1.807, 2.05) is 79.2 Å². The van der Waals surface area contributed by atoms with Crippen molar-refractivity contribution >= 4 is 42.6 Å². The molecule has 0 atom stereocenters. The van der Waals surface area contributed by atoms with Crippen LogP contribution in [0.1, 0.15) is 27.3 Å². The number of nitrogens with zero attached hydrogens (tertiary/aromatic N) is 5. The Kier molecular flexibility index (Phi) is 7.60. The number of aromatic nitrogens is 3. The summed E-state index contributed by atoms with van der Waals surface area (Å²) in [4.78, 5) is 20.3. The molecule has 0 N–H and O–H groups in total. The lowest BCUT2D eigenvalue weighted by Gasteiger charge is -2.21. The molecule has 10 heteroatoms. The average molecular weight is 560 g/mol. The van der Waals surface area contributed by atoms with E-state index in [9.17, 15) is 13.2 Å². The van der Waals surface area contributed by atoms with Crippen LogP contribution >= 0.6 is 11.3 Å². The highest BCUT2D eigenvalue weighted by atomic mass is 32.2. The summed E-state index contributed by atoms with van der Waals surface area (Å²) < 4.78 is 30.5. The third-order valence-electron chi connectivity index (χ3n) is 6.45. The molecule has 2 aromatic heterocycles. The van der Waals surface area contributed by atoms with E-state index in [1.54, 1.807) is 24.1 Å². The van der Waals surface area contributed by atoms with E-state index < -0.39 is 10.0 Å². The van der Waals surface area contributed by atoms with Crippen molar-refractivity contribution in [3.63, 3.8) is 0 Å². The highest BCUT2D eigenvalue weighted by molar-refractivity contribution is 7.89. The third-order valence-corrected chi connectivity index (χ3v) is 9.33. The van der Waals surface area contributed by atoms with Crippen molar-refractivity contribution < 1.29 is 13.2 Å². The van der Waals surface area contributed by atoms with E-state index in [4.69, 9.17) is 4.98 Å². The second-order valence-corrected chi connectivity index (χ2v) is 12.4. The van der Waals surface area contributed by atoms with Crippen molar-refractivity contribution in [2.75, 3.05) is 18.5 Å². The zero-order chi connectivity index (χ0) is 27.6. The fourth-order valence-electron chi connectivity index (χ4n) is 4.39. The number of hydrogen-bond donors (Lipinski definition) is 0. The molecule has 39 heavy (non-hydrogen) atoms. The number of thiazole rings is 1. The van der Waals surface area contributed by atoms with Crippen LogP contribution in [0.2, 0.25) is 0 Å². The molecule has 2 heterocycles. The first-order chi connectivity index (χ1) is 18.7. The molecule has 0 aliphatic rings. The number of carbonyl (C=O) groups is 1. The van der Waals surface area contributed by atoms with Crippen molar-refractivity contribution in [2.24, 2.45) is 0 Å². The Balaban J connectivity index is 1.40. The van der Waals surface area contributed by atoms with Gasteiger partial charge in [0.25, 0.3) is 5.91 Å². The summed E-state index contributed by atoms with van der Waals surface area (Å²) in [6.07, 6.45) is 0. The molecule has 0 saturated carbocycles. The Bertz CT molecular complexity index is 1680. The molecule has 3 aromatic carbocycles. The van der Waals surface area contributed by atoms with Gasteiger partial charge in [0.05, 0.1) is 27.4 Å². The molecule has 5 rings (SSSR count). The molecule has 0 spiro atoms. The van der Waals surface area contributed by atoms with Crippen LogP contribution in [0, 0.1) is 13.8 Å². The summed E-state index contributed by atoms with van der Waals surface area (Å²) >= 11 is 1.45. The van der Waals surface area contributed by atoms with Crippen LogP contribution in [0.15, 0.2) is 89.8 Å². The Morgan fingerprint density at radius 3 is 2.31 bits per heavy atom. The quantitative estimate of drug-likeness (QED) is 0.245. The number of hydrogen-bond acceptors (Lipinski definition) is 6. The van der Waals surface area contributed by atoms with E-state index in [-0.39, 0.29) is 17.3 Å². The first-order valence-electron chi connectivity index (χ1n) is 12.5. The highest BCUT2D eigenvalue weighted by Gasteiger charge is 2.24. The van der Waals surface area contributed by atoms with Crippen molar-refractivity contribution in [1.29, 1.82) is 0 Å². The first kappa shape index (κ1) is 26.7. The van der Waals surface area contributed by atoms with Crippen molar-refractivity contribution in [2.45, 2.75) is 31.8 Å². The SMILES string of the molecule is Cc1cc(C)n(CCN(C(=O)c2ccc(S(=O)(=O)N(C)Cc3ccccc3)cc2)c2nc3ccccc3s2)n1. The summed E-state index contributed by atoms with van der Waals surface area (Å²) in [7, 11) is -2.18. The fourth-order valence-corrected chi connectivity index (χ4v) is 6.54. The van der Waals surface area contributed by atoms with Gasteiger partial charge in [-0.25, -0.2) is 13.4 Å². The molecule has 0 radical (unpaired) electrons. The van der Waals surface area contributed by atoms with Crippen molar-refractivity contribution in [3.8, 4) is 0 Å². The molecule has 0 unspecified atom stereocenters. The van der Waals surface area contributed by atoms with Crippen LogP contribution in [-0.2, 0) is 23.1 Å². The largest absolute Gasteiger partial charge is 0.282 e. The highest BCUT2D eigenvalue weighted by Crippen LogP contribution is 2.30. The predicted molar refractivity (Wildman–Crippen MR) is 155 cm³/mol. The zero-order valence-electron chi connectivity index (χ0n) is 22.0. The number of benzene rings is 3. The summed E-state index contributed by atoms with van der Waals surface area (Å²) in [5.41, 5.74) is 4.03. The lowest BCUT2D eigenvalue weighted by molar-refractivity contribution is 0.0985. The van der Waals surface area contributed by atoms with Crippen LogP contribution in [0.5, 0.6) is 0 Å². The van der Waals surface area contributed by atoms with Crippen LogP contribution in [-0.4, -0.2) is 47.0 Å². The molecular weight excluding hydrogens is 530 g/mol. The normalized spacial score (nSPS) is 11.8. The smallest absolute Gasteiger partial charge is 0.260 e. The monoisotopic (exact) mass is 559 g/mol. The number of anilines is 1. The lowest BCUT2D eigenvalue weighted by atomic mass is 10.2. The molecule has 0 saturated heterocycles. The molecule has 200 valence electrons. The van der Waals surface area contributed by atoms with Gasteiger partial charge in [0.15, 0.2) is 5.13 Å². The van der Waals surface area contributed by atoms with Gasteiger partial charge in [-0.2, -0.15) is 9.40 Å². The predicted octanol–water partition coefficient (Wildman–Crippen LogP) is 5.28. The van der Waals surface area contributed by atoms with Crippen molar-refractivity contribution in [3.05, 3.63) is 107 Å². The maximum Gasteiger partial charge on any atom is 0.260 e. The molecule has 0 aliphatic carbocycles. The lowest BCUT2D eigenvalue weighted by Crippen LogP contribution is -2.34. The van der Waals surface area contributed by atoms with Gasteiger partial charge in [-0.3, -0.25) is 14.4 Å². The van der Waals surface area contributed by atoms with E-state index in [0.717, 1.165) is 27.2 Å². The maximum absolute atomic E-state index is 13.8. The van der Waals surface area contributed by atoms with E-state index in [1.165, 1.54) is 27.8 Å². The van der Waals surface area contributed by atoms with Crippen molar-refractivity contribution in [1.82, 2.24) is 19.1 Å². The van der Waals surface area contributed by atoms with Gasteiger partial charge < -0.3 is 0 Å². The van der Waals surface area contributed by atoms with Crippen LogP contribution in [0.3, 0.4) is 0 Å². The molecule has 5 aromatic rings. The third kappa shape index (κ3) is 5.78. The second-order valence-electron chi connectivity index (χ2n) is 9.34. The maximum atomic E-state index is 13.8. The van der Waals surface area contributed by atoms with Gasteiger partial charge in [-0.15, -0.1) is 0 Å². The van der Waals surface area contributed by atoms with E-state index in [2.05, 4.69) is 5.10 Å². The standard InChI is InChI=1S/C29H29N5O3S2/c1-21-19-22(2)34(31-21)18-17-33(29-30-26-11-7-8-12-27(26)38-29)28(35)24-13-15-25(16-14-24)39(36,37)32(3)20-23-9-5-4-6-10-23/h4-16,19H,17-18,20H2,1-3H3. The van der Waals surface area contributed by atoms with Gasteiger partial charge in [-0.1, -0.05) is 53.8 Å². The van der Waals surface area contributed by atoms with E-state index >= 15 is 0 Å². The number of amides is 1. The summed E-state index contributed by atoms with van der Waals surface area (Å²) in [5.74, 6) is -0.253. The van der Waals surface area contributed by atoms with Crippen LogP contribution in [0.4, 0.5) is 5.13 Å². The minimum absolute atomic E-state index is 0.131. The number of sulfonamides is 1. The molecule has 8 nitrogen and oxygen atoms in total. The topological polar surface area (TPSA) is 88.4 Å². The molecule has 0 fully saturated rings. The minimum Gasteiger partial charge on any atom is -0.282 e. The number of para-hydroxylation sites is 1. The number of fused-ring (bicyclic) bond motifs is 1. The molecular formula is C29H29N5O3S2. The molecule has 1 amide bonds. The summed E-state index contributed by atoms with van der Waals surface area (Å²) in [6, 6.07) is 25.3. The van der Waals surface area contributed by atoms with Gasteiger partial charge in [0.2, 0.25) is 10.0 Å². The van der Waals surface area contributed by atoms with E-state index in [0.29, 0.717) is 23.8 Å². The summed E-state index contributed by atoms with van der Waals surface area (Å²) in [5, 5.41) is 5.11. The second kappa shape index (κ2) is 11.1. The minimum atomic E-state index is -3.73. The number of rotatable bonds is 9. The molecule has 0 bridgehead atoms. The van der Waals surface area contributed by atoms with Gasteiger partial charge in [0.1, 0.15) is 0 Å². The zero-order valence-corrected chi connectivity index (χ0v) is 23.6. The number of aryl methyl sites for hydroxylation is 2. The van der Waals surface area contributed by atoms with Crippen LogP contribution in [0.25, 0.3) is 10.2 Å².